The smallest absolute Gasteiger partial charge is 0.339 e. The Kier molecular flexibility index (Phi) is 4.90. The highest BCUT2D eigenvalue weighted by molar-refractivity contribution is 6.31. The fourth-order valence-corrected chi connectivity index (χ4v) is 1.96. The first-order valence-corrected chi connectivity index (χ1v) is 7.33. The number of carbonyl (C=O) groups excluding carboxylic acids is 1. The van der Waals surface area contributed by atoms with Crippen molar-refractivity contribution in [3.05, 3.63) is 70.2 Å². The highest BCUT2D eigenvalue weighted by Crippen LogP contribution is 2.19. The van der Waals surface area contributed by atoms with Gasteiger partial charge in [-0.25, -0.2) is 4.79 Å². The number of benzene rings is 2. The maximum Gasteiger partial charge on any atom is 0.339 e. The third-order valence-corrected chi connectivity index (χ3v) is 2.95. The molecule has 2 nitrogen and oxygen atoms in total. The van der Waals surface area contributed by atoms with E-state index in [-0.39, 0.29) is 0 Å². The molecule has 2 rings (SSSR count). The normalized spacial score (nSPS) is 10.5. The summed E-state index contributed by atoms with van der Waals surface area (Å²) in [5.74, 6) is 5.63. The molecule has 0 aliphatic heterocycles. The fourth-order valence-electron chi connectivity index (χ4n) is 1.79. The van der Waals surface area contributed by atoms with E-state index in [1.165, 1.54) is 0 Å². The van der Waals surface area contributed by atoms with Crippen LogP contribution in [-0.4, -0.2) is 11.6 Å². The monoisotopic (exact) mass is 312 g/mol. The van der Waals surface area contributed by atoms with Crippen molar-refractivity contribution in [1.29, 1.82) is 0 Å². The van der Waals surface area contributed by atoms with Crippen molar-refractivity contribution in [3.8, 4) is 11.8 Å². The quantitative estimate of drug-likeness (QED) is 0.564. The molecule has 0 unspecified atom stereocenters. The zero-order chi connectivity index (χ0) is 16.2. The lowest BCUT2D eigenvalue weighted by atomic mass is 10.1. The first-order valence-electron chi connectivity index (χ1n) is 6.95. The van der Waals surface area contributed by atoms with E-state index in [0.29, 0.717) is 16.1 Å². The zero-order valence-electron chi connectivity index (χ0n) is 12.8. The summed E-state index contributed by atoms with van der Waals surface area (Å²) in [6.45, 7) is 5.47. The lowest BCUT2D eigenvalue weighted by Gasteiger charge is -2.20. The number of halogens is 1. The minimum atomic E-state index is -0.566. The van der Waals surface area contributed by atoms with Gasteiger partial charge >= 0.3 is 5.97 Å². The van der Waals surface area contributed by atoms with Crippen LogP contribution in [0.4, 0.5) is 0 Å². The lowest BCUT2D eigenvalue weighted by molar-refractivity contribution is 0.00692. The van der Waals surface area contributed by atoms with Gasteiger partial charge in [0.05, 0.1) is 5.56 Å². The van der Waals surface area contributed by atoms with Gasteiger partial charge in [-0.05, 0) is 51.1 Å². The number of esters is 1. The van der Waals surface area contributed by atoms with Gasteiger partial charge in [-0.15, -0.1) is 0 Å². The van der Waals surface area contributed by atoms with E-state index in [4.69, 9.17) is 16.3 Å². The van der Waals surface area contributed by atoms with Crippen LogP contribution in [0.15, 0.2) is 48.5 Å². The van der Waals surface area contributed by atoms with Gasteiger partial charge < -0.3 is 4.74 Å². The average Bonchev–Trinajstić information content (AvgIpc) is 2.45. The first-order chi connectivity index (χ1) is 10.3. The Bertz CT molecular complexity index is 732. The van der Waals surface area contributed by atoms with Crippen LogP contribution in [0.3, 0.4) is 0 Å². The Hall–Kier alpha value is -2.24. The standard InChI is InChI=1S/C19H17ClO2/c1-19(2,3)22-18(21)17-13-16(20)12-11-15(17)10-9-14-7-5-4-6-8-14/h4-8,11-13H,1-3H3. The molecule has 2 aromatic rings. The minimum absolute atomic E-state index is 0.380. The third-order valence-electron chi connectivity index (χ3n) is 2.72. The summed E-state index contributed by atoms with van der Waals surface area (Å²) < 4.78 is 5.41. The second kappa shape index (κ2) is 6.68. The molecule has 0 fully saturated rings. The summed E-state index contributed by atoms with van der Waals surface area (Å²) in [6.07, 6.45) is 0. The van der Waals surface area contributed by atoms with E-state index in [0.717, 1.165) is 5.56 Å². The molecule has 0 heterocycles. The van der Waals surface area contributed by atoms with Gasteiger partial charge in [0.25, 0.3) is 0 Å². The van der Waals surface area contributed by atoms with Gasteiger partial charge in [0.2, 0.25) is 0 Å². The van der Waals surface area contributed by atoms with Crippen LogP contribution in [0.25, 0.3) is 0 Å². The van der Waals surface area contributed by atoms with E-state index < -0.39 is 11.6 Å². The predicted octanol–water partition coefficient (Wildman–Crippen LogP) is 4.70. The van der Waals surface area contributed by atoms with Crippen molar-refractivity contribution in [3.63, 3.8) is 0 Å². The summed E-state index contributed by atoms with van der Waals surface area (Å²) in [5.41, 5.74) is 1.30. The van der Waals surface area contributed by atoms with E-state index >= 15 is 0 Å². The third kappa shape index (κ3) is 4.65. The van der Waals surface area contributed by atoms with Crippen LogP contribution >= 0.6 is 11.6 Å². The number of hydrogen-bond donors (Lipinski definition) is 0. The van der Waals surface area contributed by atoms with E-state index in [1.54, 1.807) is 18.2 Å². The maximum atomic E-state index is 12.3. The molecule has 0 atom stereocenters. The summed E-state index contributed by atoms with van der Waals surface area (Å²) in [6, 6.07) is 14.6. The van der Waals surface area contributed by atoms with Crippen LogP contribution in [0.1, 0.15) is 42.3 Å². The van der Waals surface area contributed by atoms with Crippen molar-refractivity contribution < 1.29 is 9.53 Å². The lowest BCUT2D eigenvalue weighted by Crippen LogP contribution is -2.24. The second-order valence-electron chi connectivity index (χ2n) is 5.81. The molecule has 0 radical (unpaired) electrons. The Balaban J connectivity index is 2.37. The number of hydrogen-bond acceptors (Lipinski definition) is 2. The Labute approximate surface area is 136 Å². The van der Waals surface area contributed by atoms with Crippen molar-refractivity contribution in [1.82, 2.24) is 0 Å². The van der Waals surface area contributed by atoms with E-state index in [1.807, 2.05) is 51.1 Å². The molecule has 0 aliphatic carbocycles. The molecule has 0 saturated carbocycles. The van der Waals surface area contributed by atoms with Crippen LogP contribution in [0.5, 0.6) is 0 Å². The highest BCUT2D eigenvalue weighted by atomic mass is 35.5. The SMILES string of the molecule is CC(C)(C)OC(=O)c1cc(Cl)ccc1C#Cc1ccccc1. The molecular formula is C19H17ClO2. The van der Waals surface area contributed by atoms with Crippen molar-refractivity contribution >= 4 is 17.6 Å². The van der Waals surface area contributed by atoms with Gasteiger partial charge in [-0.2, -0.15) is 0 Å². The van der Waals surface area contributed by atoms with Crippen LogP contribution < -0.4 is 0 Å². The molecule has 112 valence electrons. The van der Waals surface area contributed by atoms with Crippen molar-refractivity contribution in [2.45, 2.75) is 26.4 Å². The van der Waals surface area contributed by atoms with Crippen LogP contribution in [0, 0.1) is 11.8 Å². The molecule has 0 saturated heterocycles. The molecule has 0 N–H and O–H groups in total. The van der Waals surface area contributed by atoms with Gasteiger partial charge in [0.15, 0.2) is 0 Å². The topological polar surface area (TPSA) is 26.3 Å². The van der Waals surface area contributed by atoms with Gasteiger partial charge in [-0.3, -0.25) is 0 Å². The fraction of sp³-hybridized carbons (Fsp3) is 0.211. The number of carbonyl (C=O) groups is 1. The maximum absolute atomic E-state index is 12.3. The number of ether oxygens (including phenoxy) is 1. The molecule has 22 heavy (non-hydrogen) atoms. The molecule has 0 amide bonds. The summed E-state index contributed by atoms with van der Waals surface area (Å²) in [4.78, 5) is 12.3. The molecule has 2 aromatic carbocycles. The molecule has 0 bridgehead atoms. The summed E-state index contributed by atoms with van der Waals surface area (Å²) in [5, 5.41) is 0.478. The second-order valence-corrected chi connectivity index (χ2v) is 6.24. The number of rotatable bonds is 1. The largest absolute Gasteiger partial charge is 0.456 e. The minimum Gasteiger partial charge on any atom is -0.456 e. The van der Waals surface area contributed by atoms with E-state index in [9.17, 15) is 4.79 Å². The highest BCUT2D eigenvalue weighted by Gasteiger charge is 2.20. The van der Waals surface area contributed by atoms with Crippen molar-refractivity contribution in [2.75, 3.05) is 0 Å². The Morgan fingerprint density at radius 1 is 1.05 bits per heavy atom. The summed E-state index contributed by atoms with van der Waals surface area (Å²) >= 11 is 5.99. The van der Waals surface area contributed by atoms with Crippen LogP contribution in [0.2, 0.25) is 5.02 Å². The molecule has 0 aromatic heterocycles. The Morgan fingerprint density at radius 3 is 2.36 bits per heavy atom. The molecular weight excluding hydrogens is 296 g/mol. The van der Waals surface area contributed by atoms with Crippen molar-refractivity contribution in [2.24, 2.45) is 0 Å². The zero-order valence-corrected chi connectivity index (χ0v) is 13.6. The van der Waals surface area contributed by atoms with Crippen LogP contribution in [-0.2, 0) is 4.74 Å². The van der Waals surface area contributed by atoms with Gasteiger partial charge in [0, 0.05) is 16.1 Å². The van der Waals surface area contributed by atoms with E-state index in [2.05, 4.69) is 11.8 Å². The van der Waals surface area contributed by atoms with Gasteiger partial charge in [-0.1, -0.05) is 41.6 Å². The summed E-state index contributed by atoms with van der Waals surface area (Å²) in [7, 11) is 0. The first kappa shape index (κ1) is 16.1. The molecule has 0 aliphatic rings. The average molecular weight is 313 g/mol. The Morgan fingerprint density at radius 2 is 1.73 bits per heavy atom. The van der Waals surface area contributed by atoms with Gasteiger partial charge in [0.1, 0.15) is 5.60 Å². The molecule has 3 heteroatoms. The predicted molar refractivity (Wildman–Crippen MR) is 89.0 cm³/mol. The molecule has 0 spiro atoms.